The van der Waals surface area contributed by atoms with Crippen LogP contribution >= 0.6 is 22.7 Å². The molecule has 0 saturated heterocycles. The highest BCUT2D eigenvalue weighted by Gasteiger charge is 2.42. The van der Waals surface area contributed by atoms with Crippen LogP contribution in [0.5, 0.6) is 0 Å². The zero-order chi connectivity index (χ0) is 26.8. The Hall–Kier alpha value is -2.90. The second kappa shape index (κ2) is 9.38. The maximum Gasteiger partial charge on any atom is 0.0449 e. The van der Waals surface area contributed by atoms with Crippen LogP contribution in [-0.4, -0.2) is 33.4 Å². The highest BCUT2D eigenvalue weighted by atomic mass is 32.1. The van der Waals surface area contributed by atoms with E-state index in [4.69, 9.17) is 0 Å². The Morgan fingerprint density at radius 1 is 0.816 bits per heavy atom. The number of nitrogens with zero attached hydrogens (tertiary/aromatic N) is 2. The molecule has 2 unspecified atom stereocenters. The molecular weight excluding hydrogens is 508 g/mol. The summed E-state index contributed by atoms with van der Waals surface area (Å²) in [4.78, 5) is 8.66. The first-order chi connectivity index (χ1) is 18.2. The molecule has 2 atom stereocenters. The fraction of sp³-hybridized carbons (Fsp3) is 0.312. The van der Waals surface area contributed by atoms with E-state index in [2.05, 4.69) is 84.3 Å². The number of fused-ring (bicyclic) bond motifs is 1. The molecule has 6 heteroatoms. The van der Waals surface area contributed by atoms with E-state index in [1.165, 1.54) is 26.6 Å². The third-order valence-electron chi connectivity index (χ3n) is 8.23. The van der Waals surface area contributed by atoms with Crippen molar-refractivity contribution < 1.29 is 10.2 Å². The monoisotopic (exact) mass is 540 g/mol. The van der Waals surface area contributed by atoms with Crippen molar-refractivity contribution in [2.24, 2.45) is 5.92 Å². The van der Waals surface area contributed by atoms with Gasteiger partial charge in [-0.05, 0) is 65.4 Å². The smallest absolute Gasteiger partial charge is 0.0449 e. The highest BCUT2D eigenvalue weighted by molar-refractivity contribution is 7.23. The number of likely N-dealkylation sites (N-methyl/N-ethyl adjacent to an activating group) is 1. The average molecular weight is 541 g/mol. The number of hydrogen-bond acceptors (Lipinski definition) is 6. The predicted molar refractivity (Wildman–Crippen MR) is 157 cm³/mol. The standard InChI is InChI=1S/C32H32N2O2S2/c1-32(2)22-8-6-7-9-23(22)34(5)28(32)18-21-30(35)29(31(21)36)27-17-16-26(38-27)25-15-14-24(37-25)19-10-12-20(13-11-19)33(3)4/h6-18,21,29-31H,1-5H3/q-2. The zero-order valence-corrected chi connectivity index (χ0v) is 24.0. The summed E-state index contributed by atoms with van der Waals surface area (Å²) in [6.07, 6.45) is 0.144. The maximum absolute atomic E-state index is 13.4. The molecule has 0 amide bonds. The lowest BCUT2D eigenvalue weighted by atomic mass is 9.67. The van der Waals surface area contributed by atoms with Gasteiger partial charge in [-0.2, -0.15) is 0 Å². The van der Waals surface area contributed by atoms with Crippen LogP contribution in [0.3, 0.4) is 0 Å². The van der Waals surface area contributed by atoms with E-state index in [0.717, 1.165) is 21.1 Å². The number of hydrogen-bond donors (Lipinski definition) is 0. The molecule has 0 spiro atoms. The topological polar surface area (TPSA) is 52.6 Å². The summed E-state index contributed by atoms with van der Waals surface area (Å²) < 4.78 is 0. The third-order valence-corrected chi connectivity index (χ3v) is 10.7. The molecule has 3 heterocycles. The highest BCUT2D eigenvalue weighted by Crippen LogP contribution is 2.50. The normalized spacial score (nSPS) is 24.9. The van der Waals surface area contributed by atoms with E-state index in [0.29, 0.717) is 0 Å². The van der Waals surface area contributed by atoms with Crippen LogP contribution in [0.2, 0.25) is 0 Å². The van der Waals surface area contributed by atoms with Gasteiger partial charge in [0.15, 0.2) is 0 Å². The van der Waals surface area contributed by atoms with E-state index in [1.54, 1.807) is 22.7 Å². The van der Waals surface area contributed by atoms with Crippen LogP contribution in [-0.2, 0) is 5.41 Å². The molecule has 2 aromatic heterocycles. The summed E-state index contributed by atoms with van der Waals surface area (Å²) in [5, 5.41) is 26.8. The maximum atomic E-state index is 13.4. The zero-order valence-electron chi connectivity index (χ0n) is 22.3. The van der Waals surface area contributed by atoms with Crippen molar-refractivity contribution >= 4 is 34.0 Å². The Kier molecular flexibility index (Phi) is 6.27. The van der Waals surface area contributed by atoms with Gasteiger partial charge in [0.2, 0.25) is 0 Å². The molecule has 1 saturated carbocycles. The molecule has 1 fully saturated rings. The lowest BCUT2D eigenvalue weighted by molar-refractivity contribution is -0.542. The van der Waals surface area contributed by atoms with Gasteiger partial charge in [-0.15, -0.1) is 34.9 Å². The van der Waals surface area contributed by atoms with Gasteiger partial charge in [-0.3, -0.25) is 0 Å². The molecule has 38 heavy (non-hydrogen) atoms. The quantitative estimate of drug-likeness (QED) is 0.326. The molecule has 4 aromatic rings. The van der Waals surface area contributed by atoms with Crippen LogP contribution < -0.4 is 20.0 Å². The lowest BCUT2D eigenvalue weighted by Crippen LogP contribution is -2.64. The SMILES string of the molecule is CN(C)c1ccc(-c2ccc(-c3ccc(C4C([O-])C(C=C5N(C)c6ccccc6C5(C)C)C4[O-])s3)s2)cc1. The Morgan fingerprint density at radius 2 is 1.45 bits per heavy atom. The van der Waals surface area contributed by atoms with Crippen LogP contribution in [0.4, 0.5) is 11.4 Å². The van der Waals surface area contributed by atoms with Crippen LogP contribution in [0.1, 0.15) is 30.2 Å². The van der Waals surface area contributed by atoms with Gasteiger partial charge in [-0.1, -0.05) is 50.3 Å². The van der Waals surface area contributed by atoms with Crippen molar-refractivity contribution in [3.05, 3.63) is 95.0 Å². The summed E-state index contributed by atoms with van der Waals surface area (Å²) in [7, 11) is 6.12. The second-order valence-corrected chi connectivity index (χ2v) is 13.3. The minimum Gasteiger partial charge on any atom is -0.851 e. The molecule has 0 bridgehead atoms. The van der Waals surface area contributed by atoms with Crippen LogP contribution in [0.25, 0.3) is 20.2 Å². The van der Waals surface area contributed by atoms with Crippen molar-refractivity contribution in [3.63, 3.8) is 0 Å². The largest absolute Gasteiger partial charge is 0.851 e. The van der Waals surface area contributed by atoms with Crippen molar-refractivity contribution in [1.29, 1.82) is 0 Å². The molecule has 6 rings (SSSR count). The first-order valence-corrected chi connectivity index (χ1v) is 14.6. The number of para-hydroxylation sites is 1. The predicted octanol–water partition coefficient (Wildman–Crippen LogP) is 5.69. The molecular formula is C32H32N2O2S2-2. The van der Waals surface area contributed by atoms with Gasteiger partial charge >= 0.3 is 0 Å². The van der Waals surface area contributed by atoms with Gasteiger partial charge in [0.1, 0.15) is 0 Å². The molecule has 196 valence electrons. The number of thiophene rings is 2. The first-order valence-electron chi connectivity index (χ1n) is 13.0. The Bertz CT molecular complexity index is 1490. The molecule has 0 N–H and O–H groups in total. The van der Waals surface area contributed by atoms with Crippen LogP contribution in [0.15, 0.2) is 84.6 Å². The van der Waals surface area contributed by atoms with Crippen molar-refractivity contribution in [1.82, 2.24) is 0 Å². The summed E-state index contributed by atoms with van der Waals surface area (Å²) in [6, 6.07) is 25.3. The number of anilines is 2. The minimum atomic E-state index is -0.918. The average Bonchev–Trinajstić information content (AvgIpc) is 3.62. The lowest BCUT2D eigenvalue weighted by Gasteiger charge is -2.60. The van der Waals surface area contributed by atoms with E-state index < -0.39 is 24.0 Å². The summed E-state index contributed by atoms with van der Waals surface area (Å²) in [5.74, 6) is -0.985. The fourth-order valence-electron chi connectivity index (χ4n) is 5.92. The van der Waals surface area contributed by atoms with E-state index in [1.807, 2.05) is 39.4 Å². The molecule has 1 aliphatic carbocycles. The van der Waals surface area contributed by atoms with E-state index in [-0.39, 0.29) is 5.41 Å². The molecule has 2 aromatic carbocycles. The van der Waals surface area contributed by atoms with E-state index >= 15 is 0 Å². The van der Waals surface area contributed by atoms with E-state index in [9.17, 15) is 10.2 Å². The number of benzene rings is 2. The number of rotatable bonds is 5. The number of allylic oxidation sites excluding steroid dienone is 1. The molecule has 2 aliphatic rings. The molecule has 1 aliphatic heterocycles. The van der Waals surface area contributed by atoms with Crippen molar-refractivity contribution in [2.45, 2.75) is 37.4 Å². The summed E-state index contributed by atoms with van der Waals surface area (Å²) >= 11 is 3.35. The van der Waals surface area contributed by atoms with Gasteiger partial charge in [0, 0.05) is 63.1 Å². The second-order valence-electron chi connectivity index (χ2n) is 11.1. The van der Waals surface area contributed by atoms with Crippen molar-refractivity contribution in [2.75, 3.05) is 30.9 Å². The first kappa shape index (κ1) is 25.4. The minimum absolute atomic E-state index is 0.227. The summed E-state index contributed by atoms with van der Waals surface area (Å²) in [5.41, 5.74) is 5.59. The Morgan fingerprint density at radius 3 is 2.13 bits per heavy atom. The van der Waals surface area contributed by atoms with Crippen molar-refractivity contribution in [3.8, 4) is 20.2 Å². The molecule has 0 radical (unpaired) electrons. The fourth-order valence-corrected chi connectivity index (χ4v) is 8.20. The van der Waals surface area contributed by atoms with Gasteiger partial charge in [0.25, 0.3) is 0 Å². The van der Waals surface area contributed by atoms with Gasteiger partial charge in [0.05, 0.1) is 0 Å². The summed E-state index contributed by atoms with van der Waals surface area (Å²) in [6.45, 7) is 4.35. The van der Waals surface area contributed by atoms with Crippen LogP contribution in [0, 0.1) is 5.92 Å². The molecule has 4 nitrogen and oxygen atoms in total. The Balaban J connectivity index is 1.19. The van der Waals surface area contributed by atoms with Gasteiger partial charge < -0.3 is 20.0 Å². The van der Waals surface area contributed by atoms with Gasteiger partial charge in [-0.25, -0.2) is 0 Å². The Labute approximate surface area is 233 Å². The third kappa shape index (κ3) is 4.02.